The van der Waals surface area contributed by atoms with Gasteiger partial charge in [-0.25, -0.2) is 0 Å². The van der Waals surface area contributed by atoms with E-state index >= 15 is 0 Å². The number of aromatic nitrogens is 2. The summed E-state index contributed by atoms with van der Waals surface area (Å²) >= 11 is 0. The molecule has 2 aromatic rings. The van der Waals surface area contributed by atoms with Crippen molar-refractivity contribution in [3.8, 4) is 23.0 Å². The predicted molar refractivity (Wildman–Crippen MR) is 65.6 cm³/mol. The quantitative estimate of drug-likeness (QED) is 0.865. The van der Waals surface area contributed by atoms with E-state index in [1.807, 2.05) is 19.2 Å². The van der Waals surface area contributed by atoms with Gasteiger partial charge in [0, 0.05) is 6.07 Å². The molecule has 0 aliphatic heterocycles. The zero-order valence-electron chi connectivity index (χ0n) is 10.6. The molecule has 1 heterocycles. The number of nitrogens with zero attached hydrogens (tertiary/aromatic N) is 2. The molecule has 96 valence electrons. The fourth-order valence-electron chi connectivity index (χ4n) is 1.56. The SMILES string of the molecule is CNCc1nnc(-c2ccc(OC)cc2OC)o1. The molecule has 1 aromatic heterocycles. The van der Waals surface area contributed by atoms with E-state index in [4.69, 9.17) is 13.9 Å². The Morgan fingerprint density at radius 3 is 2.72 bits per heavy atom. The molecular weight excluding hydrogens is 234 g/mol. The lowest BCUT2D eigenvalue weighted by atomic mass is 10.2. The van der Waals surface area contributed by atoms with E-state index in [-0.39, 0.29) is 0 Å². The first kappa shape index (κ1) is 12.4. The van der Waals surface area contributed by atoms with E-state index in [2.05, 4.69) is 15.5 Å². The van der Waals surface area contributed by atoms with Crippen molar-refractivity contribution >= 4 is 0 Å². The number of ether oxygens (including phenoxy) is 2. The van der Waals surface area contributed by atoms with E-state index in [1.165, 1.54) is 0 Å². The van der Waals surface area contributed by atoms with Gasteiger partial charge in [0.1, 0.15) is 11.5 Å². The summed E-state index contributed by atoms with van der Waals surface area (Å²) in [4.78, 5) is 0. The monoisotopic (exact) mass is 249 g/mol. The summed E-state index contributed by atoms with van der Waals surface area (Å²) in [5, 5.41) is 10.9. The molecule has 18 heavy (non-hydrogen) atoms. The van der Waals surface area contributed by atoms with E-state index in [1.54, 1.807) is 20.3 Å². The van der Waals surface area contributed by atoms with Crippen LogP contribution in [-0.2, 0) is 6.54 Å². The highest BCUT2D eigenvalue weighted by molar-refractivity contribution is 5.64. The maximum Gasteiger partial charge on any atom is 0.251 e. The molecule has 0 saturated heterocycles. The molecule has 0 radical (unpaired) electrons. The highest BCUT2D eigenvalue weighted by Crippen LogP contribution is 2.32. The van der Waals surface area contributed by atoms with Crippen molar-refractivity contribution in [2.24, 2.45) is 0 Å². The van der Waals surface area contributed by atoms with Crippen molar-refractivity contribution in [2.75, 3.05) is 21.3 Å². The third-order valence-electron chi connectivity index (χ3n) is 2.43. The van der Waals surface area contributed by atoms with Crippen LogP contribution < -0.4 is 14.8 Å². The molecule has 0 spiro atoms. The third kappa shape index (κ3) is 2.43. The standard InChI is InChI=1S/C12H15N3O3/c1-13-7-11-14-15-12(18-11)9-5-4-8(16-2)6-10(9)17-3/h4-6,13H,7H2,1-3H3. The van der Waals surface area contributed by atoms with Gasteiger partial charge in [-0.2, -0.15) is 0 Å². The second kappa shape index (κ2) is 5.50. The minimum absolute atomic E-state index is 0.430. The Balaban J connectivity index is 2.36. The number of rotatable bonds is 5. The molecule has 6 nitrogen and oxygen atoms in total. The second-order valence-electron chi connectivity index (χ2n) is 3.60. The van der Waals surface area contributed by atoms with Crippen LogP contribution in [0.15, 0.2) is 22.6 Å². The normalized spacial score (nSPS) is 10.4. The highest BCUT2D eigenvalue weighted by atomic mass is 16.5. The van der Waals surface area contributed by atoms with E-state index in [0.717, 1.165) is 5.56 Å². The molecule has 2 rings (SSSR count). The molecule has 6 heteroatoms. The van der Waals surface area contributed by atoms with Crippen molar-refractivity contribution < 1.29 is 13.9 Å². The van der Waals surface area contributed by atoms with Crippen LogP contribution in [0.1, 0.15) is 5.89 Å². The van der Waals surface area contributed by atoms with Gasteiger partial charge in [-0.3, -0.25) is 0 Å². The van der Waals surface area contributed by atoms with E-state index in [9.17, 15) is 0 Å². The molecule has 0 aliphatic rings. The summed E-state index contributed by atoms with van der Waals surface area (Å²) in [6, 6.07) is 5.42. The lowest BCUT2D eigenvalue weighted by molar-refractivity contribution is 0.393. The first-order valence-electron chi connectivity index (χ1n) is 5.48. The van der Waals surface area contributed by atoms with Gasteiger partial charge >= 0.3 is 0 Å². The van der Waals surface area contributed by atoms with Crippen LogP contribution in [0.4, 0.5) is 0 Å². The smallest absolute Gasteiger partial charge is 0.251 e. The molecule has 0 fully saturated rings. The lowest BCUT2D eigenvalue weighted by Gasteiger charge is -2.07. The molecule has 1 N–H and O–H groups in total. The van der Waals surface area contributed by atoms with Gasteiger partial charge in [0.2, 0.25) is 5.89 Å². The number of methoxy groups -OCH3 is 2. The Morgan fingerprint density at radius 1 is 1.22 bits per heavy atom. The zero-order chi connectivity index (χ0) is 13.0. The highest BCUT2D eigenvalue weighted by Gasteiger charge is 2.13. The molecule has 0 bridgehead atoms. The topological polar surface area (TPSA) is 69.4 Å². The zero-order valence-corrected chi connectivity index (χ0v) is 10.6. The fourth-order valence-corrected chi connectivity index (χ4v) is 1.56. The van der Waals surface area contributed by atoms with Gasteiger partial charge in [0.15, 0.2) is 0 Å². The van der Waals surface area contributed by atoms with Crippen LogP contribution >= 0.6 is 0 Å². The van der Waals surface area contributed by atoms with Crippen LogP contribution in [0, 0.1) is 0 Å². The maximum absolute atomic E-state index is 5.52. The minimum atomic E-state index is 0.430. The fraction of sp³-hybridized carbons (Fsp3) is 0.333. The van der Waals surface area contributed by atoms with Gasteiger partial charge in [0.25, 0.3) is 5.89 Å². The van der Waals surface area contributed by atoms with Gasteiger partial charge < -0.3 is 19.2 Å². The summed E-state index contributed by atoms with van der Waals surface area (Å²) < 4.78 is 15.9. The predicted octanol–water partition coefficient (Wildman–Crippen LogP) is 1.47. The van der Waals surface area contributed by atoms with Crippen LogP contribution in [-0.4, -0.2) is 31.5 Å². The summed E-state index contributed by atoms with van der Waals surface area (Å²) in [7, 11) is 5.01. The van der Waals surface area contributed by atoms with Crippen molar-refractivity contribution in [3.63, 3.8) is 0 Å². The first-order chi connectivity index (χ1) is 8.78. The maximum atomic E-state index is 5.52. The molecule has 0 saturated carbocycles. The summed E-state index contributed by atoms with van der Waals surface area (Å²) in [5.41, 5.74) is 0.744. The average Bonchev–Trinajstić information content (AvgIpc) is 2.87. The van der Waals surface area contributed by atoms with Crippen molar-refractivity contribution in [3.05, 3.63) is 24.1 Å². The molecule has 0 aliphatic carbocycles. The Bertz CT molecular complexity index is 525. The Morgan fingerprint density at radius 2 is 2.06 bits per heavy atom. The summed E-state index contributed by atoms with van der Waals surface area (Å²) in [6.45, 7) is 0.533. The Kier molecular flexibility index (Phi) is 3.78. The van der Waals surface area contributed by atoms with Crippen LogP contribution in [0.3, 0.4) is 0 Å². The van der Waals surface area contributed by atoms with Gasteiger partial charge in [-0.1, -0.05) is 0 Å². The van der Waals surface area contributed by atoms with Crippen molar-refractivity contribution in [2.45, 2.75) is 6.54 Å². The summed E-state index contributed by atoms with van der Waals surface area (Å²) in [6.07, 6.45) is 0. The number of hydrogen-bond donors (Lipinski definition) is 1. The van der Waals surface area contributed by atoms with Crippen LogP contribution in [0.2, 0.25) is 0 Å². The van der Waals surface area contributed by atoms with Gasteiger partial charge in [-0.15, -0.1) is 10.2 Å². The molecule has 0 atom stereocenters. The van der Waals surface area contributed by atoms with Gasteiger partial charge in [-0.05, 0) is 19.2 Å². The van der Waals surface area contributed by atoms with Gasteiger partial charge in [0.05, 0.1) is 26.3 Å². The number of nitrogens with one attached hydrogen (secondary N) is 1. The molecular formula is C12H15N3O3. The van der Waals surface area contributed by atoms with E-state index in [0.29, 0.717) is 29.8 Å². The number of benzene rings is 1. The molecule has 0 unspecified atom stereocenters. The third-order valence-corrected chi connectivity index (χ3v) is 2.43. The minimum Gasteiger partial charge on any atom is -0.497 e. The lowest BCUT2D eigenvalue weighted by Crippen LogP contribution is -2.04. The second-order valence-corrected chi connectivity index (χ2v) is 3.60. The first-order valence-corrected chi connectivity index (χ1v) is 5.48. The van der Waals surface area contributed by atoms with Crippen LogP contribution in [0.5, 0.6) is 11.5 Å². The average molecular weight is 249 g/mol. The largest absolute Gasteiger partial charge is 0.497 e. The van der Waals surface area contributed by atoms with Crippen molar-refractivity contribution in [1.29, 1.82) is 0 Å². The molecule has 0 amide bonds. The van der Waals surface area contributed by atoms with E-state index < -0.39 is 0 Å². The Hall–Kier alpha value is -2.08. The van der Waals surface area contributed by atoms with Crippen LogP contribution in [0.25, 0.3) is 11.5 Å². The number of hydrogen-bond acceptors (Lipinski definition) is 6. The summed E-state index contributed by atoms with van der Waals surface area (Å²) in [5.74, 6) is 2.31. The Labute approximate surface area is 105 Å². The van der Waals surface area contributed by atoms with Crippen molar-refractivity contribution in [1.82, 2.24) is 15.5 Å². The molecule has 1 aromatic carbocycles.